The maximum Gasteiger partial charge on any atom is 0.490 e. The fraction of sp³-hybridized carbons (Fsp3) is 0.545. The first-order valence-corrected chi connectivity index (χ1v) is 10.8. The fourth-order valence-electron chi connectivity index (χ4n) is 3.63. The Morgan fingerprint density at radius 3 is 2.42 bits per heavy atom. The number of nitrogens with zero attached hydrogens (tertiary/aromatic N) is 2. The van der Waals surface area contributed by atoms with Crippen molar-refractivity contribution in [2.24, 2.45) is 0 Å². The van der Waals surface area contributed by atoms with E-state index in [-0.39, 0.29) is 6.10 Å². The zero-order valence-corrected chi connectivity index (χ0v) is 19.8. The maximum atomic E-state index is 10.6. The summed E-state index contributed by atoms with van der Waals surface area (Å²) in [6.45, 7) is 9.55. The summed E-state index contributed by atoms with van der Waals surface area (Å²) < 4.78 is 45.4. The fourth-order valence-corrected chi connectivity index (χ4v) is 3.91. The number of ether oxygens (including phenoxy) is 2. The van der Waals surface area contributed by atoms with Crippen molar-refractivity contribution in [2.75, 3.05) is 26.8 Å². The highest BCUT2D eigenvalue weighted by Gasteiger charge is 2.38. The normalized spacial score (nSPS) is 14.5. The van der Waals surface area contributed by atoms with Gasteiger partial charge < -0.3 is 19.9 Å². The van der Waals surface area contributed by atoms with Gasteiger partial charge >= 0.3 is 12.1 Å². The highest BCUT2D eigenvalue weighted by molar-refractivity contribution is 6.31. The van der Waals surface area contributed by atoms with Crippen LogP contribution in [0, 0.1) is 20.8 Å². The Labute approximate surface area is 195 Å². The average Bonchev–Trinajstić information content (AvgIpc) is 3.02. The lowest BCUT2D eigenvalue weighted by Crippen LogP contribution is -2.34. The van der Waals surface area contributed by atoms with E-state index in [4.69, 9.17) is 36.1 Å². The number of aromatic nitrogens is 2. The van der Waals surface area contributed by atoms with Crippen LogP contribution in [-0.2, 0) is 16.1 Å². The number of aryl methyl sites for hydroxylation is 2. The molecular weight excluding hydrogens is 463 g/mol. The third-order valence-electron chi connectivity index (χ3n) is 5.21. The van der Waals surface area contributed by atoms with Crippen LogP contribution in [0.5, 0.6) is 5.75 Å². The second-order valence-corrected chi connectivity index (χ2v) is 8.17. The molecule has 7 nitrogen and oxygen atoms in total. The van der Waals surface area contributed by atoms with E-state index in [1.54, 1.807) is 7.11 Å². The van der Waals surface area contributed by atoms with Gasteiger partial charge in [0, 0.05) is 29.0 Å². The van der Waals surface area contributed by atoms with Crippen LogP contribution in [0.2, 0.25) is 5.02 Å². The van der Waals surface area contributed by atoms with E-state index < -0.39 is 12.1 Å². The molecule has 3 rings (SSSR count). The molecule has 0 atom stereocenters. The van der Waals surface area contributed by atoms with Crippen molar-refractivity contribution < 1.29 is 32.5 Å². The topological polar surface area (TPSA) is 85.6 Å². The van der Waals surface area contributed by atoms with Crippen molar-refractivity contribution in [3.8, 4) is 16.9 Å². The summed E-state index contributed by atoms with van der Waals surface area (Å²) in [4.78, 5) is 8.90. The van der Waals surface area contributed by atoms with Crippen LogP contribution >= 0.6 is 11.6 Å². The van der Waals surface area contributed by atoms with Gasteiger partial charge in [-0.05, 0) is 64.4 Å². The van der Waals surface area contributed by atoms with Gasteiger partial charge in [0.05, 0.1) is 18.8 Å². The SMILES string of the molecule is COCCn1nc(C)c(-c2cc(Cl)cc(C)c2OC2CCNCC2)c1C.O=C(O)C(F)(F)F. The maximum absolute atomic E-state index is 10.6. The minimum Gasteiger partial charge on any atom is -0.489 e. The van der Waals surface area contributed by atoms with E-state index in [1.165, 1.54) is 0 Å². The quantitative estimate of drug-likeness (QED) is 0.617. The molecule has 1 fully saturated rings. The molecule has 33 heavy (non-hydrogen) atoms. The second-order valence-electron chi connectivity index (χ2n) is 7.73. The highest BCUT2D eigenvalue weighted by atomic mass is 35.5. The minimum absolute atomic E-state index is 0.235. The molecule has 0 unspecified atom stereocenters. The van der Waals surface area contributed by atoms with Gasteiger partial charge in [0.15, 0.2) is 0 Å². The number of rotatable bonds is 6. The number of nitrogens with one attached hydrogen (secondary N) is 1. The summed E-state index contributed by atoms with van der Waals surface area (Å²) in [6.07, 6.45) is -2.81. The first-order chi connectivity index (χ1) is 15.5. The first-order valence-electron chi connectivity index (χ1n) is 10.5. The van der Waals surface area contributed by atoms with Gasteiger partial charge in [0.1, 0.15) is 11.9 Å². The molecule has 1 aromatic carbocycles. The highest BCUT2D eigenvalue weighted by Crippen LogP contribution is 2.40. The monoisotopic (exact) mass is 491 g/mol. The van der Waals surface area contributed by atoms with Crippen LogP contribution in [0.3, 0.4) is 0 Å². The minimum atomic E-state index is -5.08. The Kier molecular flexibility index (Phi) is 9.57. The first kappa shape index (κ1) is 26.9. The molecule has 2 aromatic rings. The van der Waals surface area contributed by atoms with Crippen LogP contribution in [0.4, 0.5) is 13.2 Å². The van der Waals surface area contributed by atoms with E-state index in [0.717, 1.165) is 71.3 Å². The molecule has 1 aromatic heterocycles. The molecule has 1 aliphatic heterocycles. The molecule has 11 heteroatoms. The van der Waals surface area contributed by atoms with Crippen molar-refractivity contribution >= 4 is 17.6 Å². The van der Waals surface area contributed by atoms with Crippen LogP contribution < -0.4 is 10.1 Å². The summed E-state index contributed by atoms with van der Waals surface area (Å²) >= 11 is 6.40. The smallest absolute Gasteiger partial charge is 0.489 e. The van der Waals surface area contributed by atoms with Crippen molar-refractivity contribution in [2.45, 2.75) is 52.4 Å². The van der Waals surface area contributed by atoms with E-state index in [9.17, 15) is 13.2 Å². The summed E-state index contributed by atoms with van der Waals surface area (Å²) in [6, 6.07) is 3.98. The third-order valence-corrected chi connectivity index (χ3v) is 5.43. The second kappa shape index (κ2) is 11.7. The van der Waals surface area contributed by atoms with Gasteiger partial charge in [-0.25, -0.2) is 4.79 Å². The van der Waals surface area contributed by atoms with Gasteiger partial charge in [-0.15, -0.1) is 0 Å². The van der Waals surface area contributed by atoms with Gasteiger partial charge in [0.2, 0.25) is 0 Å². The molecule has 0 aliphatic carbocycles. The molecule has 1 saturated heterocycles. The molecule has 0 saturated carbocycles. The number of hydrogen-bond acceptors (Lipinski definition) is 5. The van der Waals surface area contributed by atoms with Gasteiger partial charge in [-0.3, -0.25) is 4.68 Å². The van der Waals surface area contributed by atoms with Crippen LogP contribution in [0.25, 0.3) is 11.1 Å². The predicted molar refractivity (Wildman–Crippen MR) is 119 cm³/mol. The number of piperidine rings is 1. The van der Waals surface area contributed by atoms with Crippen molar-refractivity contribution in [1.29, 1.82) is 0 Å². The molecule has 0 radical (unpaired) electrons. The summed E-state index contributed by atoms with van der Waals surface area (Å²) in [5, 5.41) is 15.9. The van der Waals surface area contributed by atoms with E-state index in [1.807, 2.05) is 23.7 Å². The lowest BCUT2D eigenvalue weighted by atomic mass is 9.99. The van der Waals surface area contributed by atoms with Gasteiger partial charge in [0.25, 0.3) is 0 Å². The van der Waals surface area contributed by atoms with E-state index in [0.29, 0.717) is 6.61 Å². The number of carboxylic acid groups (broad SMARTS) is 1. The lowest BCUT2D eigenvalue weighted by molar-refractivity contribution is -0.192. The Bertz CT molecular complexity index is 957. The molecule has 184 valence electrons. The molecule has 2 heterocycles. The average molecular weight is 492 g/mol. The van der Waals surface area contributed by atoms with Crippen molar-refractivity contribution in [3.63, 3.8) is 0 Å². The number of carboxylic acids is 1. The lowest BCUT2D eigenvalue weighted by Gasteiger charge is -2.26. The predicted octanol–water partition coefficient (Wildman–Crippen LogP) is 4.54. The standard InChI is InChI=1S/C20H28ClN3O2.C2HF3O2/c1-13-11-16(21)12-18(20(13)26-17-5-7-22-8-6-17)19-14(2)23-24(15(19)3)9-10-25-4;3-2(4,5)1(6)7/h11-12,17,22H,5-10H2,1-4H3;(H,6,7). The number of benzene rings is 1. The number of hydrogen-bond donors (Lipinski definition) is 2. The Balaban J connectivity index is 0.000000479. The van der Waals surface area contributed by atoms with Crippen molar-refractivity contribution in [3.05, 3.63) is 34.1 Å². The van der Waals surface area contributed by atoms with Crippen LogP contribution in [-0.4, -0.2) is 59.9 Å². The zero-order valence-electron chi connectivity index (χ0n) is 19.1. The number of halogens is 4. The number of aliphatic carboxylic acids is 1. The van der Waals surface area contributed by atoms with E-state index >= 15 is 0 Å². The number of methoxy groups -OCH3 is 1. The van der Waals surface area contributed by atoms with Crippen LogP contribution in [0.1, 0.15) is 29.8 Å². The summed E-state index contributed by atoms with van der Waals surface area (Å²) in [7, 11) is 1.71. The molecular formula is C22H29ClF3N3O4. The Morgan fingerprint density at radius 1 is 1.27 bits per heavy atom. The largest absolute Gasteiger partial charge is 0.490 e. The molecule has 2 N–H and O–H groups in total. The van der Waals surface area contributed by atoms with Crippen molar-refractivity contribution in [1.82, 2.24) is 15.1 Å². The Hall–Kier alpha value is -2.30. The van der Waals surface area contributed by atoms with Gasteiger partial charge in [-0.1, -0.05) is 11.6 Å². The Morgan fingerprint density at radius 2 is 1.88 bits per heavy atom. The number of alkyl halides is 3. The zero-order chi connectivity index (χ0) is 24.8. The molecule has 0 spiro atoms. The van der Waals surface area contributed by atoms with Crippen LogP contribution in [0.15, 0.2) is 12.1 Å². The van der Waals surface area contributed by atoms with Gasteiger partial charge in [-0.2, -0.15) is 18.3 Å². The number of carbonyl (C=O) groups is 1. The molecule has 0 amide bonds. The third kappa shape index (κ3) is 7.35. The summed E-state index contributed by atoms with van der Waals surface area (Å²) in [5.74, 6) is -1.83. The summed E-state index contributed by atoms with van der Waals surface area (Å²) in [5.41, 5.74) is 5.30. The molecule has 0 bridgehead atoms. The van der Waals surface area contributed by atoms with E-state index in [2.05, 4.69) is 19.2 Å². The molecule has 1 aliphatic rings.